The van der Waals surface area contributed by atoms with E-state index in [-0.39, 0.29) is 10.9 Å². The molecule has 3 rings (SSSR count). The molecule has 0 radical (unpaired) electrons. The second-order valence-corrected chi connectivity index (χ2v) is 6.25. The van der Waals surface area contributed by atoms with Gasteiger partial charge in [-0.25, -0.2) is 9.37 Å². The molecule has 0 unspecified atom stereocenters. The van der Waals surface area contributed by atoms with Crippen LogP contribution in [0.3, 0.4) is 0 Å². The highest BCUT2D eigenvalue weighted by atomic mass is 35.5. The molecule has 0 aliphatic carbocycles. The van der Waals surface area contributed by atoms with E-state index >= 15 is 0 Å². The molecule has 0 aliphatic rings. The fourth-order valence-electron chi connectivity index (χ4n) is 2.48. The maximum absolute atomic E-state index is 13.3. The highest BCUT2D eigenvalue weighted by Crippen LogP contribution is 2.26. The predicted octanol–water partition coefficient (Wildman–Crippen LogP) is 5.19. The minimum absolute atomic E-state index is 0.000407. The number of benzene rings is 2. The first kappa shape index (κ1) is 18.7. The highest BCUT2D eigenvalue weighted by molar-refractivity contribution is 6.31. The Hall–Kier alpha value is -3.12. The summed E-state index contributed by atoms with van der Waals surface area (Å²) in [6.07, 6.45) is 1.51. The number of aromatic nitrogens is 1. The van der Waals surface area contributed by atoms with Crippen LogP contribution in [0.4, 0.5) is 21.6 Å². The van der Waals surface area contributed by atoms with E-state index in [2.05, 4.69) is 15.6 Å². The Bertz CT molecular complexity index is 995. The van der Waals surface area contributed by atoms with Crippen molar-refractivity contribution in [1.82, 2.24) is 4.98 Å². The van der Waals surface area contributed by atoms with E-state index in [0.29, 0.717) is 28.5 Å². The Kier molecular flexibility index (Phi) is 5.57. The lowest BCUT2D eigenvalue weighted by atomic mass is 10.2. The van der Waals surface area contributed by atoms with Gasteiger partial charge in [-0.3, -0.25) is 4.79 Å². The van der Waals surface area contributed by atoms with Crippen LogP contribution in [-0.2, 0) is 0 Å². The third-order valence-electron chi connectivity index (χ3n) is 3.82. The molecule has 2 N–H and O–H groups in total. The van der Waals surface area contributed by atoms with Gasteiger partial charge in [0.25, 0.3) is 5.91 Å². The fraction of sp³-hybridized carbons (Fsp3) is 0.100. The summed E-state index contributed by atoms with van der Waals surface area (Å²) in [4.78, 5) is 16.8. The minimum Gasteiger partial charge on any atom is -0.495 e. The van der Waals surface area contributed by atoms with Gasteiger partial charge in [0.1, 0.15) is 17.4 Å². The van der Waals surface area contributed by atoms with E-state index in [1.165, 1.54) is 24.4 Å². The third kappa shape index (κ3) is 4.54. The number of halogens is 2. The molecule has 2 aromatic carbocycles. The lowest BCUT2D eigenvalue weighted by Crippen LogP contribution is -2.13. The molecule has 7 heteroatoms. The average Bonchev–Trinajstić information content (AvgIpc) is 2.65. The van der Waals surface area contributed by atoms with E-state index in [0.717, 1.165) is 5.56 Å². The Balaban J connectivity index is 1.79. The highest BCUT2D eigenvalue weighted by Gasteiger charge is 2.11. The summed E-state index contributed by atoms with van der Waals surface area (Å²) in [5, 5.41) is 5.83. The van der Waals surface area contributed by atoms with E-state index < -0.39 is 5.82 Å². The summed E-state index contributed by atoms with van der Waals surface area (Å²) in [6.45, 7) is 1.93. The zero-order valence-corrected chi connectivity index (χ0v) is 15.5. The number of nitrogens with one attached hydrogen (secondary N) is 2. The van der Waals surface area contributed by atoms with Crippen LogP contribution in [0.2, 0.25) is 5.02 Å². The summed E-state index contributed by atoms with van der Waals surface area (Å²) < 4.78 is 18.5. The Morgan fingerprint density at radius 2 is 1.96 bits per heavy atom. The molecule has 1 heterocycles. The van der Waals surface area contributed by atoms with Gasteiger partial charge in [-0.05, 0) is 55.0 Å². The summed E-state index contributed by atoms with van der Waals surface area (Å²) in [5.74, 6) is 0.195. The summed E-state index contributed by atoms with van der Waals surface area (Å²) in [5.41, 5.74) is 2.55. The lowest BCUT2D eigenvalue weighted by molar-refractivity contribution is 0.102. The molecule has 1 amide bonds. The quantitative estimate of drug-likeness (QED) is 0.634. The van der Waals surface area contributed by atoms with Crippen LogP contribution in [0.15, 0.2) is 54.7 Å². The van der Waals surface area contributed by atoms with Crippen molar-refractivity contribution in [3.63, 3.8) is 0 Å². The van der Waals surface area contributed by atoms with Crippen molar-refractivity contribution in [1.29, 1.82) is 0 Å². The molecule has 0 saturated carbocycles. The van der Waals surface area contributed by atoms with Crippen LogP contribution in [-0.4, -0.2) is 18.0 Å². The monoisotopic (exact) mass is 385 g/mol. The van der Waals surface area contributed by atoms with Crippen molar-refractivity contribution in [2.75, 3.05) is 17.7 Å². The number of aryl methyl sites for hydroxylation is 1. The molecule has 0 spiro atoms. The molecule has 1 aromatic heterocycles. The van der Waals surface area contributed by atoms with Gasteiger partial charge in [0.15, 0.2) is 0 Å². The standard InChI is InChI=1S/C20H17ClFN3O2/c1-12-3-6-18(27-2)17(9-12)25-20(26)13-7-8-23-19(10-13)24-14-4-5-16(22)15(21)11-14/h3-11H,1-2H3,(H,23,24)(H,25,26). The van der Waals surface area contributed by atoms with Crippen LogP contribution in [0, 0.1) is 12.7 Å². The minimum atomic E-state index is -0.504. The molecule has 0 aliphatic heterocycles. The number of methoxy groups -OCH3 is 1. The molecule has 0 saturated heterocycles. The molecule has 0 atom stereocenters. The van der Waals surface area contributed by atoms with Crippen molar-refractivity contribution in [2.45, 2.75) is 6.92 Å². The number of rotatable bonds is 5. The number of amides is 1. The first-order valence-electron chi connectivity index (χ1n) is 8.10. The number of hydrogen-bond acceptors (Lipinski definition) is 4. The summed E-state index contributed by atoms with van der Waals surface area (Å²) in [6, 6.07) is 13.0. The van der Waals surface area contributed by atoms with Gasteiger partial charge in [-0.1, -0.05) is 17.7 Å². The van der Waals surface area contributed by atoms with Crippen molar-refractivity contribution in [3.05, 3.63) is 76.7 Å². The van der Waals surface area contributed by atoms with Crippen molar-refractivity contribution in [3.8, 4) is 5.75 Å². The number of carbonyl (C=O) groups excluding carboxylic acids is 1. The number of carbonyl (C=O) groups is 1. The Morgan fingerprint density at radius 3 is 2.70 bits per heavy atom. The van der Waals surface area contributed by atoms with Crippen LogP contribution >= 0.6 is 11.6 Å². The molecule has 0 bridgehead atoms. The number of nitrogens with zero attached hydrogens (tertiary/aromatic N) is 1. The smallest absolute Gasteiger partial charge is 0.255 e. The van der Waals surface area contributed by atoms with Crippen LogP contribution < -0.4 is 15.4 Å². The van der Waals surface area contributed by atoms with Crippen LogP contribution in [0.25, 0.3) is 0 Å². The van der Waals surface area contributed by atoms with Crippen LogP contribution in [0.1, 0.15) is 15.9 Å². The second-order valence-electron chi connectivity index (χ2n) is 5.84. The largest absolute Gasteiger partial charge is 0.495 e. The molecule has 0 fully saturated rings. The van der Waals surface area contributed by atoms with Crippen molar-refractivity contribution >= 4 is 34.7 Å². The molecule has 27 heavy (non-hydrogen) atoms. The normalized spacial score (nSPS) is 10.4. The van der Waals surface area contributed by atoms with Crippen molar-refractivity contribution < 1.29 is 13.9 Å². The average molecular weight is 386 g/mol. The van der Waals surface area contributed by atoms with E-state index in [1.807, 2.05) is 19.1 Å². The van der Waals surface area contributed by atoms with E-state index in [9.17, 15) is 9.18 Å². The fourth-order valence-corrected chi connectivity index (χ4v) is 2.66. The number of hydrogen-bond donors (Lipinski definition) is 2. The molecule has 5 nitrogen and oxygen atoms in total. The van der Waals surface area contributed by atoms with Crippen molar-refractivity contribution in [2.24, 2.45) is 0 Å². The lowest BCUT2D eigenvalue weighted by Gasteiger charge is -2.12. The zero-order valence-electron chi connectivity index (χ0n) is 14.7. The van der Waals surface area contributed by atoms with Gasteiger partial charge >= 0.3 is 0 Å². The van der Waals surface area contributed by atoms with Gasteiger partial charge in [0.05, 0.1) is 17.8 Å². The van der Waals surface area contributed by atoms with Gasteiger partial charge in [0.2, 0.25) is 0 Å². The SMILES string of the molecule is COc1ccc(C)cc1NC(=O)c1ccnc(Nc2ccc(F)c(Cl)c2)c1. The maximum atomic E-state index is 13.3. The molecule has 3 aromatic rings. The van der Waals surface area contributed by atoms with Gasteiger partial charge in [-0.2, -0.15) is 0 Å². The molecular formula is C20H17ClFN3O2. The Labute approximate surface area is 161 Å². The van der Waals surface area contributed by atoms with Gasteiger partial charge in [0, 0.05) is 17.4 Å². The van der Waals surface area contributed by atoms with Gasteiger partial charge < -0.3 is 15.4 Å². The second kappa shape index (κ2) is 8.05. The predicted molar refractivity (Wildman–Crippen MR) is 105 cm³/mol. The van der Waals surface area contributed by atoms with E-state index in [1.54, 1.807) is 25.3 Å². The first-order valence-corrected chi connectivity index (χ1v) is 8.48. The maximum Gasteiger partial charge on any atom is 0.255 e. The van der Waals surface area contributed by atoms with E-state index in [4.69, 9.17) is 16.3 Å². The first-order chi connectivity index (χ1) is 13.0. The summed E-state index contributed by atoms with van der Waals surface area (Å²) >= 11 is 5.78. The number of anilines is 3. The topological polar surface area (TPSA) is 63.2 Å². The van der Waals surface area contributed by atoms with Crippen LogP contribution in [0.5, 0.6) is 5.75 Å². The number of ether oxygens (including phenoxy) is 1. The van der Waals surface area contributed by atoms with Gasteiger partial charge in [-0.15, -0.1) is 0 Å². The zero-order chi connectivity index (χ0) is 19.4. The summed E-state index contributed by atoms with van der Waals surface area (Å²) in [7, 11) is 1.54. The number of pyridine rings is 1. The Morgan fingerprint density at radius 1 is 1.15 bits per heavy atom. The molecule has 138 valence electrons. The third-order valence-corrected chi connectivity index (χ3v) is 4.11. The molecular weight excluding hydrogens is 369 g/mol.